The SMILES string of the molecule is COC(=O)C(CCCN=C(N)N)NC(=O)C1CCCCC1.Cl. The molecule has 0 radical (unpaired) electrons. The van der Waals surface area contributed by atoms with Gasteiger partial charge in [-0.15, -0.1) is 12.4 Å². The Bertz CT molecular complexity index is 380. The summed E-state index contributed by atoms with van der Waals surface area (Å²) in [5.74, 6) is -0.435. The fraction of sp³-hybridized carbons (Fsp3) is 0.786. The predicted octanol–water partition coefficient (Wildman–Crippen LogP) is 0.700. The molecule has 1 fully saturated rings. The second kappa shape index (κ2) is 11.1. The zero-order valence-corrected chi connectivity index (χ0v) is 13.9. The van der Waals surface area contributed by atoms with Crippen molar-refractivity contribution in [1.29, 1.82) is 0 Å². The molecule has 8 heteroatoms. The van der Waals surface area contributed by atoms with Gasteiger partial charge in [0.15, 0.2) is 5.96 Å². The highest BCUT2D eigenvalue weighted by Gasteiger charge is 2.26. The van der Waals surface area contributed by atoms with Gasteiger partial charge in [0.2, 0.25) is 5.91 Å². The van der Waals surface area contributed by atoms with Crippen LogP contribution in [0.2, 0.25) is 0 Å². The molecule has 5 N–H and O–H groups in total. The molecule has 1 amide bonds. The van der Waals surface area contributed by atoms with Gasteiger partial charge in [0.1, 0.15) is 6.04 Å². The Morgan fingerprint density at radius 3 is 2.45 bits per heavy atom. The van der Waals surface area contributed by atoms with Crippen LogP contribution in [-0.4, -0.2) is 37.5 Å². The highest BCUT2D eigenvalue weighted by Crippen LogP contribution is 2.23. The van der Waals surface area contributed by atoms with Gasteiger partial charge in [-0.25, -0.2) is 4.79 Å². The average molecular weight is 335 g/mol. The lowest BCUT2D eigenvalue weighted by molar-refractivity contribution is -0.146. The Morgan fingerprint density at radius 2 is 1.91 bits per heavy atom. The van der Waals surface area contributed by atoms with E-state index >= 15 is 0 Å². The number of hydrogen-bond donors (Lipinski definition) is 3. The number of amides is 1. The molecule has 0 aromatic heterocycles. The number of nitrogens with zero attached hydrogens (tertiary/aromatic N) is 1. The molecule has 7 nitrogen and oxygen atoms in total. The van der Waals surface area contributed by atoms with Crippen LogP contribution in [0.15, 0.2) is 4.99 Å². The maximum Gasteiger partial charge on any atom is 0.328 e. The van der Waals surface area contributed by atoms with Crippen molar-refractivity contribution >= 4 is 30.2 Å². The number of ether oxygens (including phenoxy) is 1. The number of aliphatic imine (C=N–C) groups is 1. The minimum atomic E-state index is -0.626. The summed E-state index contributed by atoms with van der Waals surface area (Å²) in [7, 11) is 1.32. The van der Waals surface area contributed by atoms with Crippen LogP contribution in [0, 0.1) is 5.92 Å². The van der Waals surface area contributed by atoms with Gasteiger partial charge < -0.3 is 21.5 Å². The lowest BCUT2D eigenvalue weighted by Gasteiger charge is -2.23. The third kappa shape index (κ3) is 7.49. The molecule has 1 aliphatic rings. The minimum Gasteiger partial charge on any atom is -0.467 e. The largest absolute Gasteiger partial charge is 0.467 e. The lowest BCUT2D eigenvalue weighted by Crippen LogP contribution is -2.44. The van der Waals surface area contributed by atoms with Crippen molar-refractivity contribution in [2.24, 2.45) is 22.4 Å². The van der Waals surface area contributed by atoms with Crippen LogP contribution in [-0.2, 0) is 14.3 Å². The fourth-order valence-corrected chi connectivity index (χ4v) is 2.55. The van der Waals surface area contributed by atoms with E-state index in [1.54, 1.807) is 0 Å². The molecule has 128 valence electrons. The molecule has 0 aliphatic heterocycles. The second-order valence-corrected chi connectivity index (χ2v) is 5.37. The van der Waals surface area contributed by atoms with E-state index < -0.39 is 12.0 Å². The van der Waals surface area contributed by atoms with E-state index in [0.29, 0.717) is 19.4 Å². The number of carbonyl (C=O) groups is 2. The van der Waals surface area contributed by atoms with Gasteiger partial charge in [-0.05, 0) is 25.7 Å². The van der Waals surface area contributed by atoms with Crippen molar-refractivity contribution in [2.45, 2.75) is 51.0 Å². The Hall–Kier alpha value is -1.50. The van der Waals surface area contributed by atoms with Crippen molar-refractivity contribution < 1.29 is 14.3 Å². The zero-order valence-electron chi connectivity index (χ0n) is 13.0. The first-order valence-electron chi connectivity index (χ1n) is 7.48. The third-order valence-electron chi connectivity index (χ3n) is 3.72. The van der Waals surface area contributed by atoms with Crippen LogP contribution in [0.1, 0.15) is 44.9 Å². The van der Waals surface area contributed by atoms with E-state index in [1.807, 2.05) is 0 Å². The van der Waals surface area contributed by atoms with Crippen molar-refractivity contribution in [3.05, 3.63) is 0 Å². The van der Waals surface area contributed by atoms with Gasteiger partial charge in [0.25, 0.3) is 0 Å². The Morgan fingerprint density at radius 1 is 1.27 bits per heavy atom. The van der Waals surface area contributed by atoms with E-state index in [9.17, 15) is 9.59 Å². The van der Waals surface area contributed by atoms with Crippen LogP contribution in [0.25, 0.3) is 0 Å². The molecule has 22 heavy (non-hydrogen) atoms. The summed E-state index contributed by atoms with van der Waals surface area (Å²) < 4.78 is 4.74. The molecule has 1 saturated carbocycles. The predicted molar refractivity (Wildman–Crippen MR) is 87.7 cm³/mol. The van der Waals surface area contributed by atoms with Gasteiger partial charge in [-0.3, -0.25) is 9.79 Å². The van der Waals surface area contributed by atoms with E-state index in [2.05, 4.69) is 10.3 Å². The molecular formula is C14H27ClN4O3. The van der Waals surface area contributed by atoms with Gasteiger partial charge in [-0.1, -0.05) is 19.3 Å². The second-order valence-electron chi connectivity index (χ2n) is 5.37. The van der Waals surface area contributed by atoms with E-state index in [4.69, 9.17) is 16.2 Å². The van der Waals surface area contributed by atoms with Crippen molar-refractivity contribution in [1.82, 2.24) is 5.32 Å². The van der Waals surface area contributed by atoms with E-state index in [-0.39, 0.29) is 30.2 Å². The molecule has 1 aliphatic carbocycles. The monoisotopic (exact) mass is 334 g/mol. The minimum absolute atomic E-state index is 0. The fourth-order valence-electron chi connectivity index (χ4n) is 2.55. The van der Waals surface area contributed by atoms with Gasteiger partial charge in [0, 0.05) is 12.5 Å². The number of rotatable bonds is 7. The smallest absolute Gasteiger partial charge is 0.328 e. The molecule has 0 heterocycles. The summed E-state index contributed by atoms with van der Waals surface area (Å²) in [6, 6.07) is -0.626. The first kappa shape index (κ1) is 20.5. The number of guanidine groups is 1. The highest BCUT2D eigenvalue weighted by atomic mass is 35.5. The molecule has 1 rings (SSSR count). The summed E-state index contributed by atoms with van der Waals surface area (Å²) in [5.41, 5.74) is 10.5. The van der Waals surface area contributed by atoms with Gasteiger partial charge in [0.05, 0.1) is 7.11 Å². The molecule has 0 aromatic rings. The molecular weight excluding hydrogens is 308 g/mol. The maximum absolute atomic E-state index is 12.2. The number of hydrogen-bond acceptors (Lipinski definition) is 4. The van der Waals surface area contributed by atoms with Crippen molar-refractivity contribution in [3.63, 3.8) is 0 Å². The molecule has 0 aromatic carbocycles. The number of halogens is 1. The van der Waals surface area contributed by atoms with Crippen LogP contribution in [0.3, 0.4) is 0 Å². The molecule has 0 bridgehead atoms. The first-order chi connectivity index (χ1) is 10.0. The number of nitrogens with one attached hydrogen (secondary N) is 1. The molecule has 1 unspecified atom stereocenters. The molecule has 0 saturated heterocycles. The molecule has 1 atom stereocenters. The van der Waals surface area contributed by atoms with Crippen LogP contribution >= 0.6 is 12.4 Å². The van der Waals surface area contributed by atoms with Crippen LogP contribution in [0.5, 0.6) is 0 Å². The Labute approximate surface area is 137 Å². The standard InChI is InChI=1S/C14H26N4O3.ClH/c1-21-13(20)11(8-5-9-17-14(15)16)18-12(19)10-6-3-2-4-7-10;/h10-11H,2-9H2,1H3,(H,18,19)(H4,15,16,17);1H. The number of nitrogens with two attached hydrogens (primary N) is 2. The third-order valence-corrected chi connectivity index (χ3v) is 3.72. The topological polar surface area (TPSA) is 120 Å². The van der Waals surface area contributed by atoms with Crippen LogP contribution in [0.4, 0.5) is 0 Å². The first-order valence-corrected chi connectivity index (χ1v) is 7.48. The average Bonchev–Trinajstić information content (AvgIpc) is 2.50. The van der Waals surface area contributed by atoms with E-state index in [0.717, 1.165) is 25.7 Å². The van der Waals surface area contributed by atoms with Crippen LogP contribution < -0.4 is 16.8 Å². The number of methoxy groups -OCH3 is 1. The highest BCUT2D eigenvalue weighted by molar-refractivity contribution is 5.86. The molecule has 0 spiro atoms. The zero-order chi connectivity index (χ0) is 15.7. The van der Waals surface area contributed by atoms with Gasteiger partial charge in [-0.2, -0.15) is 0 Å². The summed E-state index contributed by atoms with van der Waals surface area (Å²) in [6.07, 6.45) is 6.19. The normalized spacial score (nSPS) is 16.0. The van der Waals surface area contributed by atoms with E-state index in [1.165, 1.54) is 13.5 Å². The van der Waals surface area contributed by atoms with Crippen molar-refractivity contribution in [2.75, 3.05) is 13.7 Å². The maximum atomic E-state index is 12.2. The quantitative estimate of drug-likeness (QED) is 0.274. The number of esters is 1. The Balaban J connectivity index is 0.00000441. The summed E-state index contributed by atoms with van der Waals surface area (Å²) >= 11 is 0. The number of carbonyl (C=O) groups excluding carboxylic acids is 2. The lowest BCUT2D eigenvalue weighted by atomic mass is 9.88. The Kier molecular flexibility index (Phi) is 10.4. The van der Waals surface area contributed by atoms with Gasteiger partial charge >= 0.3 is 5.97 Å². The summed E-state index contributed by atoms with van der Waals surface area (Å²) in [5, 5.41) is 2.80. The summed E-state index contributed by atoms with van der Waals surface area (Å²) in [6.45, 7) is 0.426. The summed E-state index contributed by atoms with van der Waals surface area (Å²) in [4.78, 5) is 27.8. The van der Waals surface area contributed by atoms with Crippen molar-refractivity contribution in [3.8, 4) is 0 Å².